The molecule has 0 spiro atoms. The molecule has 0 radical (unpaired) electrons. The lowest BCUT2D eigenvalue weighted by atomic mass is 10.3. The topological polar surface area (TPSA) is 24.7 Å². The molecule has 0 bridgehead atoms. The summed E-state index contributed by atoms with van der Waals surface area (Å²) in [5, 5.41) is 0. The summed E-state index contributed by atoms with van der Waals surface area (Å²) < 4.78 is 71.9. The Hall–Kier alpha value is -1.34. The first-order valence-corrected chi connectivity index (χ1v) is 3.42. The molecule has 2 nitrogen and oxygen atoms in total. The Labute approximate surface area is 81.0 Å². The van der Waals surface area contributed by atoms with Gasteiger partial charge in [0.05, 0.1) is 0 Å². The van der Waals surface area contributed by atoms with Gasteiger partial charge in [0.15, 0.2) is 0 Å². The first-order chi connectivity index (χ1) is 6.62. The van der Waals surface area contributed by atoms with Gasteiger partial charge >= 0.3 is 12.4 Å². The third kappa shape index (κ3) is 4.13. The van der Waals surface area contributed by atoms with Crippen LogP contribution in [0.15, 0.2) is 21.8 Å². The van der Waals surface area contributed by atoms with Gasteiger partial charge in [-0.25, -0.2) is 0 Å². The van der Waals surface area contributed by atoms with E-state index in [1.54, 1.807) is 0 Å². The average Bonchev–Trinajstić information content (AvgIpc) is 2.01. The van der Waals surface area contributed by atoms with Gasteiger partial charge in [-0.1, -0.05) is 0 Å². The summed E-state index contributed by atoms with van der Waals surface area (Å²) >= 11 is 0. The standard InChI is InChI=1S/C7H6F6N2/c1-14-4(6(8,9)10)3-5(15-2)7(11,12)13/h3H,1H2,2H3/b4-3-,15-5+. The molecule has 0 aliphatic rings. The Morgan fingerprint density at radius 2 is 1.53 bits per heavy atom. The Kier molecular flexibility index (Phi) is 4.06. The Balaban J connectivity index is 5.26. The second-order valence-corrected chi connectivity index (χ2v) is 2.29. The highest BCUT2D eigenvalue weighted by atomic mass is 19.4. The monoisotopic (exact) mass is 232 g/mol. The van der Waals surface area contributed by atoms with E-state index < -0.39 is 23.8 Å². The maximum atomic E-state index is 12.0. The van der Waals surface area contributed by atoms with Crippen LogP contribution in [0, 0.1) is 0 Å². The minimum absolute atomic E-state index is 0.201. The van der Waals surface area contributed by atoms with E-state index in [4.69, 9.17) is 0 Å². The van der Waals surface area contributed by atoms with Crippen molar-refractivity contribution < 1.29 is 26.3 Å². The van der Waals surface area contributed by atoms with Crippen LogP contribution in [-0.2, 0) is 0 Å². The quantitative estimate of drug-likeness (QED) is 0.516. The number of alkyl halides is 6. The molecule has 15 heavy (non-hydrogen) atoms. The number of aliphatic imine (C=N–C) groups is 2. The molecule has 0 fully saturated rings. The lowest BCUT2D eigenvalue weighted by Crippen LogP contribution is -2.23. The number of allylic oxidation sites excluding steroid dienone is 2. The first-order valence-electron chi connectivity index (χ1n) is 3.42. The van der Waals surface area contributed by atoms with Gasteiger partial charge in [-0.2, -0.15) is 26.3 Å². The molecule has 0 saturated carbocycles. The van der Waals surface area contributed by atoms with E-state index in [2.05, 4.69) is 16.7 Å². The van der Waals surface area contributed by atoms with Gasteiger partial charge < -0.3 is 0 Å². The molecule has 0 rings (SSSR count). The molecule has 0 aliphatic heterocycles. The summed E-state index contributed by atoms with van der Waals surface area (Å²) in [5.74, 6) is 0. The molecule has 86 valence electrons. The first kappa shape index (κ1) is 13.7. The van der Waals surface area contributed by atoms with E-state index in [1.807, 2.05) is 0 Å². The van der Waals surface area contributed by atoms with Gasteiger partial charge in [-0.15, -0.1) is 0 Å². The number of halogens is 6. The molecule has 0 heterocycles. The van der Waals surface area contributed by atoms with Gasteiger partial charge in [0.25, 0.3) is 0 Å². The maximum absolute atomic E-state index is 12.0. The number of nitrogens with zero attached hydrogens (tertiary/aromatic N) is 2. The minimum Gasteiger partial charge on any atom is -0.284 e. The Morgan fingerprint density at radius 3 is 1.73 bits per heavy atom. The molecule has 0 aromatic rings. The molecular weight excluding hydrogens is 226 g/mol. The van der Waals surface area contributed by atoms with Crippen molar-refractivity contribution in [2.75, 3.05) is 7.05 Å². The predicted octanol–water partition coefficient (Wildman–Crippen LogP) is 2.77. The second-order valence-electron chi connectivity index (χ2n) is 2.29. The third-order valence-electron chi connectivity index (χ3n) is 1.27. The van der Waals surface area contributed by atoms with E-state index in [1.165, 1.54) is 0 Å². The fraction of sp³-hybridized carbons (Fsp3) is 0.429. The number of hydrogen-bond donors (Lipinski definition) is 0. The van der Waals surface area contributed by atoms with E-state index in [-0.39, 0.29) is 6.08 Å². The summed E-state index contributed by atoms with van der Waals surface area (Å²) in [6.07, 6.45) is -10.1. The highest BCUT2D eigenvalue weighted by Gasteiger charge is 2.39. The van der Waals surface area contributed by atoms with Crippen LogP contribution in [0.3, 0.4) is 0 Å². The highest BCUT2D eigenvalue weighted by Crippen LogP contribution is 2.28. The van der Waals surface area contributed by atoms with Crippen molar-refractivity contribution in [3.8, 4) is 0 Å². The predicted molar refractivity (Wildman–Crippen MR) is 43.1 cm³/mol. The van der Waals surface area contributed by atoms with Crippen LogP contribution in [-0.4, -0.2) is 31.8 Å². The fourth-order valence-corrected chi connectivity index (χ4v) is 0.620. The van der Waals surface area contributed by atoms with Gasteiger partial charge in [-0.05, 0) is 12.8 Å². The number of hydrogen-bond acceptors (Lipinski definition) is 2. The Bertz CT molecular complexity index is 296. The van der Waals surface area contributed by atoms with Crippen LogP contribution in [0.2, 0.25) is 0 Å². The van der Waals surface area contributed by atoms with Crippen LogP contribution >= 0.6 is 0 Å². The molecule has 0 aromatic carbocycles. The zero-order valence-corrected chi connectivity index (χ0v) is 7.45. The summed E-state index contributed by atoms with van der Waals surface area (Å²) in [6, 6.07) is 0. The smallest absolute Gasteiger partial charge is 0.284 e. The molecule has 0 saturated heterocycles. The van der Waals surface area contributed by atoms with Crippen molar-refractivity contribution in [1.82, 2.24) is 0 Å². The van der Waals surface area contributed by atoms with Crippen molar-refractivity contribution in [3.05, 3.63) is 11.8 Å². The zero-order chi connectivity index (χ0) is 12.3. The van der Waals surface area contributed by atoms with Crippen molar-refractivity contribution in [2.24, 2.45) is 9.98 Å². The largest absolute Gasteiger partial charge is 0.433 e. The molecular formula is C7H6F6N2. The number of rotatable bonds is 2. The molecule has 0 aliphatic carbocycles. The zero-order valence-electron chi connectivity index (χ0n) is 7.45. The van der Waals surface area contributed by atoms with Crippen molar-refractivity contribution >= 4 is 12.4 Å². The van der Waals surface area contributed by atoms with E-state index >= 15 is 0 Å². The van der Waals surface area contributed by atoms with E-state index in [0.29, 0.717) is 0 Å². The lowest BCUT2D eigenvalue weighted by Gasteiger charge is -2.09. The summed E-state index contributed by atoms with van der Waals surface area (Å²) in [7, 11) is 0.733. The molecule has 0 unspecified atom stereocenters. The average molecular weight is 232 g/mol. The lowest BCUT2D eigenvalue weighted by molar-refractivity contribution is -0.0924. The highest BCUT2D eigenvalue weighted by molar-refractivity contribution is 6.00. The van der Waals surface area contributed by atoms with Gasteiger partial charge in [0.1, 0.15) is 11.4 Å². The third-order valence-corrected chi connectivity index (χ3v) is 1.27. The minimum atomic E-state index is -4.98. The molecule has 0 N–H and O–H groups in total. The van der Waals surface area contributed by atoms with Crippen molar-refractivity contribution in [2.45, 2.75) is 12.4 Å². The summed E-state index contributed by atoms with van der Waals surface area (Å²) in [6.45, 7) is 2.54. The van der Waals surface area contributed by atoms with Crippen LogP contribution in [0.1, 0.15) is 0 Å². The van der Waals surface area contributed by atoms with Crippen LogP contribution in [0.25, 0.3) is 0 Å². The van der Waals surface area contributed by atoms with Gasteiger partial charge in [-0.3, -0.25) is 9.98 Å². The molecule has 0 amide bonds. The van der Waals surface area contributed by atoms with E-state index in [9.17, 15) is 26.3 Å². The normalized spacial score (nSPS) is 15.4. The molecule has 8 heteroatoms. The van der Waals surface area contributed by atoms with Gasteiger partial charge in [0, 0.05) is 7.05 Å². The van der Waals surface area contributed by atoms with Crippen LogP contribution in [0.5, 0.6) is 0 Å². The summed E-state index contributed by atoms with van der Waals surface area (Å²) in [5.41, 5.74) is -3.40. The van der Waals surface area contributed by atoms with Crippen molar-refractivity contribution in [3.63, 3.8) is 0 Å². The SMILES string of the molecule is C=N/C(=C\C(=N/C)C(F)(F)F)C(F)(F)F. The summed E-state index contributed by atoms with van der Waals surface area (Å²) in [4.78, 5) is 5.15. The van der Waals surface area contributed by atoms with Crippen molar-refractivity contribution in [1.29, 1.82) is 0 Å². The van der Waals surface area contributed by atoms with E-state index in [0.717, 1.165) is 7.05 Å². The van der Waals surface area contributed by atoms with Crippen LogP contribution in [0.4, 0.5) is 26.3 Å². The van der Waals surface area contributed by atoms with Gasteiger partial charge in [0.2, 0.25) is 0 Å². The maximum Gasteiger partial charge on any atom is 0.433 e. The fourth-order valence-electron chi connectivity index (χ4n) is 0.620. The molecule has 0 aromatic heterocycles. The Morgan fingerprint density at radius 1 is 1.07 bits per heavy atom. The van der Waals surface area contributed by atoms with Crippen LogP contribution < -0.4 is 0 Å². The second kappa shape index (κ2) is 4.45. The molecule has 0 atom stereocenters.